The SMILES string of the molecule is CNC(=O)CCCCCC(CNC(=O)Cn1cncn1)c1ncc(-c2ccc(-n3cccn3)cc2)[nH]1. The van der Waals surface area contributed by atoms with Gasteiger partial charge in [-0.25, -0.2) is 19.3 Å². The molecule has 0 saturated carbocycles. The first-order chi connectivity index (χ1) is 17.6. The van der Waals surface area contributed by atoms with Crippen LogP contribution in [0.15, 0.2) is 61.6 Å². The Bertz CT molecular complexity index is 1210. The van der Waals surface area contributed by atoms with Gasteiger partial charge < -0.3 is 15.6 Å². The van der Waals surface area contributed by atoms with Crippen LogP contribution < -0.4 is 10.6 Å². The molecule has 4 rings (SSSR count). The minimum absolute atomic E-state index is 0.0156. The van der Waals surface area contributed by atoms with E-state index in [2.05, 4.69) is 35.8 Å². The zero-order valence-electron chi connectivity index (χ0n) is 20.3. The van der Waals surface area contributed by atoms with Crippen molar-refractivity contribution in [3.63, 3.8) is 0 Å². The topological polar surface area (TPSA) is 135 Å². The molecule has 0 radical (unpaired) electrons. The summed E-state index contributed by atoms with van der Waals surface area (Å²) in [6.07, 6.45) is 12.4. The highest BCUT2D eigenvalue weighted by molar-refractivity contribution is 5.75. The molecule has 4 aromatic rings. The summed E-state index contributed by atoms with van der Waals surface area (Å²) >= 11 is 0. The number of hydrogen-bond donors (Lipinski definition) is 3. The molecule has 1 unspecified atom stereocenters. The average molecular weight is 490 g/mol. The van der Waals surface area contributed by atoms with Gasteiger partial charge in [0.05, 0.1) is 17.6 Å². The fraction of sp³-hybridized carbons (Fsp3) is 0.360. The number of rotatable bonds is 13. The van der Waals surface area contributed by atoms with E-state index < -0.39 is 0 Å². The van der Waals surface area contributed by atoms with E-state index in [0.717, 1.165) is 48.5 Å². The number of amides is 2. The highest BCUT2D eigenvalue weighted by Gasteiger charge is 2.17. The molecule has 36 heavy (non-hydrogen) atoms. The van der Waals surface area contributed by atoms with Gasteiger partial charge in [-0.2, -0.15) is 10.2 Å². The molecule has 0 aliphatic rings. The monoisotopic (exact) mass is 489 g/mol. The number of H-pyrrole nitrogens is 1. The molecular formula is C25H31N9O2. The zero-order chi connectivity index (χ0) is 25.2. The van der Waals surface area contributed by atoms with Crippen molar-refractivity contribution in [1.29, 1.82) is 0 Å². The third-order valence-electron chi connectivity index (χ3n) is 5.98. The van der Waals surface area contributed by atoms with E-state index in [1.54, 1.807) is 13.2 Å². The number of aromatic amines is 1. The summed E-state index contributed by atoms with van der Waals surface area (Å²) < 4.78 is 3.30. The van der Waals surface area contributed by atoms with Gasteiger partial charge in [0.2, 0.25) is 11.8 Å². The highest BCUT2D eigenvalue weighted by Crippen LogP contribution is 2.24. The number of aromatic nitrogens is 7. The maximum Gasteiger partial charge on any atom is 0.241 e. The van der Waals surface area contributed by atoms with Crippen LogP contribution in [-0.4, -0.2) is 59.9 Å². The number of unbranched alkanes of at least 4 members (excludes halogenated alkanes) is 2. The maximum atomic E-state index is 12.4. The summed E-state index contributed by atoms with van der Waals surface area (Å²) in [6, 6.07) is 9.97. The lowest BCUT2D eigenvalue weighted by atomic mass is 9.99. The molecule has 3 heterocycles. The maximum absolute atomic E-state index is 12.4. The normalized spacial score (nSPS) is 11.8. The van der Waals surface area contributed by atoms with Crippen LogP contribution in [0, 0.1) is 0 Å². The Morgan fingerprint density at radius 3 is 2.67 bits per heavy atom. The van der Waals surface area contributed by atoms with Crippen molar-refractivity contribution in [1.82, 2.24) is 45.1 Å². The molecule has 0 bridgehead atoms. The van der Waals surface area contributed by atoms with Gasteiger partial charge >= 0.3 is 0 Å². The molecule has 188 valence electrons. The first-order valence-electron chi connectivity index (χ1n) is 12.1. The molecule has 1 atom stereocenters. The van der Waals surface area contributed by atoms with Gasteiger partial charge in [-0.15, -0.1) is 0 Å². The summed E-state index contributed by atoms with van der Waals surface area (Å²) in [5.74, 6) is 0.766. The number of carbonyl (C=O) groups excluding carboxylic acids is 2. The summed E-state index contributed by atoms with van der Waals surface area (Å²) in [7, 11) is 1.65. The van der Waals surface area contributed by atoms with Gasteiger partial charge in [0.1, 0.15) is 25.0 Å². The Hall–Kier alpha value is -4.28. The predicted molar refractivity (Wildman–Crippen MR) is 134 cm³/mol. The van der Waals surface area contributed by atoms with Crippen molar-refractivity contribution in [2.24, 2.45) is 0 Å². The lowest BCUT2D eigenvalue weighted by molar-refractivity contribution is -0.122. The van der Waals surface area contributed by atoms with Crippen LogP contribution in [0.2, 0.25) is 0 Å². The van der Waals surface area contributed by atoms with Crippen molar-refractivity contribution in [3.05, 3.63) is 67.4 Å². The number of benzene rings is 1. The van der Waals surface area contributed by atoms with Crippen molar-refractivity contribution < 1.29 is 9.59 Å². The minimum Gasteiger partial charge on any atom is -0.359 e. The van der Waals surface area contributed by atoms with Crippen LogP contribution in [0.1, 0.15) is 43.8 Å². The van der Waals surface area contributed by atoms with Crippen LogP contribution >= 0.6 is 0 Å². The number of hydrogen-bond acceptors (Lipinski definition) is 6. The Morgan fingerprint density at radius 1 is 1.08 bits per heavy atom. The third-order valence-corrected chi connectivity index (χ3v) is 5.98. The quantitative estimate of drug-likeness (QED) is 0.247. The zero-order valence-corrected chi connectivity index (χ0v) is 20.3. The molecule has 2 amide bonds. The molecule has 3 N–H and O–H groups in total. The van der Waals surface area contributed by atoms with Crippen LogP contribution in [-0.2, 0) is 16.1 Å². The van der Waals surface area contributed by atoms with E-state index in [9.17, 15) is 9.59 Å². The van der Waals surface area contributed by atoms with Crippen molar-refractivity contribution in [3.8, 4) is 16.9 Å². The Morgan fingerprint density at radius 2 is 1.94 bits per heavy atom. The molecule has 0 fully saturated rings. The smallest absolute Gasteiger partial charge is 0.241 e. The standard InChI is InChI=1S/C25H31N9O2/c1-26-23(35)7-4-2-3-6-20(14-28-24(36)16-33-18-27-17-31-33)25-29-15-22(32-25)19-8-10-21(11-9-19)34-13-5-12-30-34/h5,8-13,15,17-18,20H,2-4,6-7,14,16H2,1H3,(H,26,35)(H,28,36)(H,29,32). The molecule has 0 aliphatic carbocycles. The predicted octanol–water partition coefficient (Wildman–Crippen LogP) is 2.45. The van der Waals surface area contributed by atoms with Gasteiger partial charge in [0.25, 0.3) is 0 Å². The number of imidazole rings is 1. The van der Waals surface area contributed by atoms with Gasteiger partial charge in [-0.3, -0.25) is 9.59 Å². The van der Waals surface area contributed by atoms with Crippen LogP contribution in [0.3, 0.4) is 0 Å². The largest absolute Gasteiger partial charge is 0.359 e. The Balaban J connectivity index is 1.39. The molecule has 0 saturated heterocycles. The fourth-order valence-electron chi connectivity index (χ4n) is 3.97. The van der Waals surface area contributed by atoms with Crippen molar-refractivity contribution >= 4 is 11.8 Å². The van der Waals surface area contributed by atoms with Crippen LogP contribution in [0.4, 0.5) is 0 Å². The summed E-state index contributed by atoms with van der Waals surface area (Å²) in [6.45, 7) is 0.568. The first kappa shape index (κ1) is 24.8. The van der Waals surface area contributed by atoms with E-state index in [4.69, 9.17) is 0 Å². The molecule has 3 aromatic heterocycles. The third kappa shape index (κ3) is 6.87. The summed E-state index contributed by atoms with van der Waals surface area (Å²) in [5.41, 5.74) is 2.91. The Kier molecular flexibility index (Phi) is 8.57. The number of nitrogens with one attached hydrogen (secondary N) is 3. The fourth-order valence-corrected chi connectivity index (χ4v) is 3.97. The lowest BCUT2D eigenvalue weighted by Gasteiger charge is -2.16. The van der Waals surface area contributed by atoms with Crippen LogP contribution in [0.25, 0.3) is 16.9 Å². The lowest BCUT2D eigenvalue weighted by Crippen LogP contribution is -2.32. The van der Waals surface area contributed by atoms with Crippen molar-refractivity contribution in [2.45, 2.75) is 44.6 Å². The highest BCUT2D eigenvalue weighted by atomic mass is 16.2. The summed E-state index contributed by atoms with van der Waals surface area (Å²) in [5, 5.41) is 13.9. The van der Waals surface area contributed by atoms with Gasteiger partial charge in [0, 0.05) is 38.3 Å². The molecular weight excluding hydrogens is 458 g/mol. The van der Waals surface area contributed by atoms with E-state index >= 15 is 0 Å². The van der Waals surface area contributed by atoms with E-state index in [1.165, 1.54) is 17.3 Å². The second-order valence-corrected chi connectivity index (χ2v) is 8.55. The second-order valence-electron chi connectivity index (χ2n) is 8.55. The minimum atomic E-state index is -0.133. The molecule has 11 nitrogen and oxygen atoms in total. The number of carbonyl (C=O) groups is 2. The van der Waals surface area contributed by atoms with E-state index in [1.807, 2.05) is 47.4 Å². The van der Waals surface area contributed by atoms with E-state index in [-0.39, 0.29) is 24.3 Å². The molecule has 1 aromatic carbocycles. The Labute approximate surface area is 209 Å². The van der Waals surface area contributed by atoms with Gasteiger partial charge in [-0.1, -0.05) is 25.0 Å². The molecule has 0 aliphatic heterocycles. The second kappa shape index (κ2) is 12.4. The number of nitrogens with zero attached hydrogens (tertiary/aromatic N) is 6. The van der Waals surface area contributed by atoms with Crippen molar-refractivity contribution in [2.75, 3.05) is 13.6 Å². The molecule has 11 heteroatoms. The average Bonchev–Trinajstić information content (AvgIpc) is 3.68. The van der Waals surface area contributed by atoms with Gasteiger partial charge in [-0.05, 0) is 36.6 Å². The van der Waals surface area contributed by atoms with Gasteiger partial charge in [0.15, 0.2) is 0 Å². The first-order valence-corrected chi connectivity index (χ1v) is 12.1. The summed E-state index contributed by atoms with van der Waals surface area (Å²) in [4.78, 5) is 35.8. The van der Waals surface area contributed by atoms with E-state index in [0.29, 0.717) is 13.0 Å². The van der Waals surface area contributed by atoms with Crippen LogP contribution in [0.5, 0.6) is 0 Å². The molecule has 0 spiro atoms.